The van der Waals surface area contributed by atoms with E-state index in [0.29, 0.717) is 6.54 Å². The maximum atomic E-state index is 12.6. The van der Waals surface area contributed by atoms with Gasteiger partial charge in [0, 0.05) is 22.9 Å². The molecule has 1 aromatic heterocycles. The van der Waals surface area contributed by atoms with Crippen LogP contribution in [0.15, 0.2) is 51.1 Å². The molecular formula is C19H24BrN3O3S2. The van der Waals surface area contributed by atoms with Gasteiger partial charge in [-0.2, -0.15) is 4.31 Å². The van der Waals surface area contributed by atoms with Crippen molar-refractivity contribution < 1.29 is 13.2 Å². The summed E-state index contributed by atoms with van der Waals surface area (Å²) in [6.07, 6.45) is 2.34. The van der Waals surface area contributed by atoms with Crippen LogP contribution in [-0.4, -0.2) is 56.8 Å². The number of benzene rings is 1. The first-order chi connectivity index (χ1) is 13.4. The van der Waals surface area contributed by atoms with Gasteiger partial charge < -0.3 is 5.32 Å². The number of carbonyl (C=O) groups is 1. The second-order valence-electron chi connectivity index (χ2n) is 6.79. The quantitative estimate of drug-likeness (QED) is 0.623. The number of likely N-dealkylation sites (tertiary alicyclic amines) is 1. The highest BCUT2D eigenvalue weighted by molar-refractivity contribution is 9.10. The van der Waals surface area contributed by atoms with Gasteiger partial charge in [-0.1, -0.05) is 22.0 Å². The fraction of sp³-hybridized carbons (Fsp3) is 0.421. The summed E-state index contributed by atoms with van der Waals surface area (Å²) in [5.41, 5.74) is 0. The van der Waals surface area contributed by atoms with Gasteiger partial charge in [-0.25, -0.2) is 8.42 Å². The smallest absolute Gasteiger partial charge is 0.243 e. The van der Waals surface area contributed by atoms with Crippen LogP contribution in [0.2, 0.25) is 0 Å². The summed E-state index contributed by atoms with van der Waals surface area (Å²) in [5, 5.41) is 4.96. The van der Waals surface area contributed by atoms with Crippen LogP contribution in [0.25, 0.3) is 0 Å². The Bertz CT molecular complexity index is 880. The minimum atomic E-state index is -3.70. The molecule has 0 spiro atoms. The zero-order valence-electron chi connectivity index (χ0n) is 15.7. The third-order valence-electron chi connectivity index (χ3n) is 4.83. The summed E-state index contributed by atoms with van der Waals surface area (Å²) < 4.78 is 27.2. The lowest BCUT2D eigenvalue weighted by Crippen LogP contribution is -2.42. The van der Waals surface area contributed by atoms with Gasteiger partial charge in [0.05, 0.1) is 17.5 Å². The molecule has 2 heterocycles. The lowest BCUT2D eigenvalue weighted by Gasteiger charge is -2.27. The Balaban J connectivity index is 1.60. The van der Waals surface area contributed by atoms with Crippen LogP contribution in [0.1, 0.15) is 23.8 Å². The van der Waals surface area contributed by atoms with E-state index in [1.54, 1.807) is 23.5 Å². The highest BCUT2D eigenvalue weighted by Gasteiger charge is 2.26. The Hall–Kier alpha value is -1.26. The standard InChI is InChI=1S/C19H24BrN3O3S2/c1-22(28(25,26)16-8-6-15(20)7-9-16)14-19(24)21-13-17(18-5-4-12-27-18)23-10-2-3-11-23/h4-9,12,17H,2-3,10-11,13-14H2,1H3,(H,21,24). The molecule has 0 aliphatic carbocycles. The summed E-state index contributed by atoms with van der Waals surface area (Å²) in [7, 11) is -2.28. The predicted octanol–water partition coefficient (Wildman–Crippen LogP) is 3.08. The van der Waals surface area contributed by atoms with Gasteiger partial charge in [-0.05, 0) is 61.6 Å². The van der Waals surface area contributed by atoms with Crippen molar-refractivity contribution in [2.75, 3.05) is 33.2 Å². The van der Waals surface area contributed by atoms with Crippen molar-refractivity contribution in [1.82, 2.24) is 14.5 Å². The maximum absolute atomic E-state index is 12.6. The van der Waals surface area contributed by atoms with E-state index >= 15 is 0 Å². The van der Waals surface area contributed by atoms with Crippen LogP contribution in [-0.2, 0) is 14.8 Å². The zero-order chi connectivity index (χ0) is 20.1. The van der Waals surface area contributed by atoms with Crippen LogP contribution < -0.4 is 5.32 Å². The molecule has 0 bridgehead atoms. The van der Waals surface area contributed by atoms with E-state index in [2.05, 4.69) is 32.2 Å². The van der Waals surface area contributed by atoms with Gasteiger partial charge in [0.1, 0.15) is 0 Å². The number of likely N-dealkylation sites (N-methyl/N-ethyl adjacent to an activating group) is 1. The number of nitrogens with zero attached hydrogens (tertiary/aromatic N) is 2. The van der Waals surface area contributed by atoms with Gasteiger partial charge in [-0.3, -0.25) is 9.69 Å². The van der Waals surface area contributed by atoms with Crippen LogP contribution in [0, 0.1) is 0 Å². The molecule has 2 aromatic rings. The summed E-state index contributed by atoms with van der Waals surface area (Å²) in [4.78, 5) is 16.2. The number of carbonyl (C=O) groups excluding carboxylic acids is 1. The number of halogens is 1. The molecule has 1 saturated heterocycles. The first kappa shape index (κ1) is 21.4. The molecule has 1 atom stereocenters. The second-order valence-corrected chi connectivity index (χ2v) is 10.7. The molecule has 1 unspecified atom stereocenters. The third kappa shape index (κ3) is 5.21. The van der Waals surface area contributed by atoms with E-state index in [0.717, 1.165) is 21.9 Å². The number of hydrogen-bond acceptors (Lipinski definition) is 5. The van der Waals surface area contributed by atoms with Crippen LogP contribution in [0.3, 0.4) is 0 Å². The van der Waals surface area contributed by atoms with Crippen LogP contribution in [0.5, 0.6) is 0 Å². The second kappa shape index (κ2) is 9.49. The first-order valence-corrected chi connectivity index (χ1v) is 12.3. The van der Waals surface area contributed by atoms with Crippen LogP contribution >= 0.6 is 27.3 Å². The van der Waals surface area contributed by atoms with Crippen molar-refractivity contribution in [2.45, 2.75) is 23.8 Å². The van der Waals surface area contributed by atoms with Crippen molar-refractivity contribution >= 4 is 43.2 Å². The normalized spacial score (nSPS) is 16.4. The Morgan fingerprint density at radius 2 is 1.93 bits per heavy atom. The molecule has 3 rings (SSSR count). The molecule has 1 amide bonds. The average molecular weight is 486 g/mol. The van der Waals surface area contributed by atoms with Gasteiger partial charge in [0.25, 0.3) is 0 Å². The molecule has 152 valence electrons. The highest BCUT2D eigenvalue weighted by Crippen LogP contribution is 2.27. The summed E-state index contributed by atoms with van der Waals surface area (Å²) in [6, 6.07) is 10.6. The molecular weight excluding hydrogens is 462 g/mol. The zero-order valence-corrected chi connectivity index (χ0v) is 18.9. The average Bonchev–Trinajstić information content (AvgIpc) is 3.36. The third-order valence-corrected chi connectivity index (χ3v) is 8.15. The molecule has 1 aromatic carbocycles. The fourth-order valence-electron chi connectivity index (χ4n) is 3.28. The maximum Gasteiger partial charge on any atom is 0.243 e. The Kier molecular flexibility index (Phi) is 7.27. The number of thiophene rings is 1. The van der Waals surface area contributed by atoms with Crippen LogP contribution in [0.4, 0.5) is 0 Å². The Labute approximate surface area is 178 Å². The SMILES string of the molecule is CN(CC(=O)NCC(c1cccs1)N1CCCC1)S(=O)(=O)c1ccc(Br)cc1. The van der Waals surface area contributed by atoms with Crippen molar-refractivity contribution in [1.29, 1.82) is 0 Å². The topological polar surface area (TPSA) is 69.7 Å². The van der Waals surface area contributed by atoms with Gasteiger partial charge >= 0.3 is 0 Å². The molecule has 0 saturated carbocycles. The number of hydrogen-bond donors (Lipinski definition) is 1. The van der Waals surface area contributed by atoms with E-state index in [-0.39, 0.29) is 23.4 Å². The van der Waals surface area contributed by atoms with E-state index in [9.17, 15) is 13.2 Å². The summed E-state index contributed by atoms with van der Waals surface area (Å²) >= 11 is 4.98. The molecule has 1 aliphatic heterocycles. The molecule has 0 radical (unpaired) electrons. The van der Waals surface area contributed by atoms with Crippen molar-refractivity contribution in [3.63, 3.8) is 0 Å². The van der Waals surface area contributed by atoms with Gasteiger partial charge in [0.15, 0.2) is 0 Å². The summed E-state index contributed by atoms with van der Waals surface area (Å²) in [5.74, 6) is -0.302. The van der Waals surface area contributed by atoms with Crippen molar-refractivity contribution in [3.05, 3.63) is 51.1 Å². The number of amides is 1. The lowest BCUT2D eigenvalue weighted by atomic mass is 10.2. The fourth-order valence-corrected chi connectivity index (χ4v) is 5.54. The van der Waals surface area contributed by atoms with Gasteiger partial charge in [0.2, 0.25) is 15.9 Å². The molecule has 1 N–H and O–H groups in total. The predicted molar refractivity (Wildman–Crippen MR) is 115 cm³/mol. The number of nitrogens with one attached hydrogen (secondary N) is 1. The Morgan fingerprint density at radius 1 is 1.25 bits per heavy atom. The number of rotatable bonds is 8. The molecule has 6 nitrogen and oxygen atoms in total. The largest absolute Gasteiger partial charge is 0.353 e. The first-order valence-electron chi connectivity index (χ1n) is 9.14. The van der Waals surface area contributed by atoms with E-state index in [1.165, 1.54) is 36.9 Å². The summed E-state index contributed by atoms with van der Waals surface area (Å²) in [6.45, 7) is 2.31. The number of sulfonamides is 1. The van der Waals surface area contributed by atoms with Crippen molar-refractivity contribution in [2.24, 2.45) is 0 Å². The highest BCUT2D eigenvalue weighted by atomic mass is 79.9. The van der Waals surface area contributed by atoms with E-state index in [4.69, 9.17) is 0 Å². The molecule has 28 heavy (non-hydrogen) atoms. The van der Waals surface area contributed by atoms with Gasteiger partial charge in [-0.15, -0.1) is 11.3 Å². The van der Waals surface area contributed by atoms with Crippen molar-refractivity contribution in [3.8, 4) is 0 Å². The minimum Gasteiger partial charge on any atom is -0.353 e. The lowest BCUT2D eigenvalue weighted by molar-refractivity contribution is -0.121. The molecule has 9 heteroatoms. The minimum absolute atomic E-state index is 0.139. The molecule has 1 fully saturated rings. The molecule has 1 aliphatic rings. The van der Waals surface area contributed by atoms with E-state index < -0.39 is 10.0 Å². The monoisotopic (exact) mass is 485 g/mol. The van der Waals surface area contributed by atoms with E-state index in [1.807, 2.05) is 11.4 Å². The Morgan fingerprint density at radius 3 is 2.54 bits per heavy atom.